The number of rotatable bonds is 2. The molecular formula is C13H20O2. The van der Waals surface area contributed by atoms with E-state index >= 15 is 0 Å². The minimum Gasteiger partial charge on any atom is -0.459 e. The van der Waals surface area contributed by atoms with Gasteiger partial charge in [-0.2, -0.15) is 0 Å². The molecule has 2 bridgehead atoms. The normalized spacial score (nSPS) is 41.5. The number of esters is 1. The van der Waals surface area contributed by atoms with Crippen LogP contribution in [0, 0.1) is 16.7 Å². The highest BCUT2D eigenvalue weighted by atomic mass is 16.5. The summed E-state index contributed by atoms with van der Waals surface area (Å²) >= 11 is 0. The first-order valence-electron chi connectivity index (χ1n) is 5.75. The lowest BCUT2D eigenvalue weighted by atomic mass is 9.70. The zero-order valence-corrected chi connectivity index (χ0v) is 9.88. The zero-order chi connectivity index (χ0) is 11.3. The Morgan fingerprint density at radius 1 is 1.47 bits per heavy atom. The van der Waals surface area contributed by atoms with E-state index in [1.807, 2.05) is 0 Å². The Morgan fingerprint density at radius 2 is 2.13 bits per heavy atom. The third-order valence-electron chi connectivity index (χ3n) is 5.14. The third kappa shape index (κ3) is 1.27. The van der Waals surface area contributed by atoms with Crippen molar-refractivity contribution in [1.29, 1.82) is 0 Å². The second-order valence-corrected chi connectivity index (χ2v) is 5.74. The lowest BCUT2D eigenvalue weighted by Crippen LogP contribution is -2.38. The first kappa shape index (κ1) is 10.7. The van der Waals surface area contributed by atoms with E-state index in [9.17, 15) is 4.79 Å². The average Bonchev–Trinajstić information content (AvgIpc) is 2.50. The number of hydrogen-bond donors (Lipinski definition) is 0. The first-order chi connectivity index (χ1) is 6.91. The fourth-order valence-corrected chi connectivity index (χ4v) is 3.50. The summed E-state index contributed by atoms with van der Waals surface area (Å²) in [5.74, 6) is 0.440. The van der Waals surface area contributed by atoms with Crippen molar-refractivity contribution in [2.75, 3.05) is 0 Å². The Morgan fingerprint density at radius 3 is 2.53 bits per heavy atom. The van der Waals surface area contributed by atoms with Gasteiger partial charge >= 0.3 is 5.97 Å². The Labute approximate surface area is 91.7 Å². The fraction of sp³-hybridized carbons (Fsp3) is 0.769. The molecule has 0 saturated heterocycles. The molecule has 84 valence electrons. The molecular weight excluding hydrogens is 188 g/mol. The van der Waals surface area contributed by atoms with Crippen LogP contribution in [0.1, 0.15) is 40.0 Å². The number of carbonyl (C=O) groups excluding carboxylic acids is 1. The molecule has 0 N–H and O–H groups in total. The number of ether oxygens (including phenoxy) is 1. The summed E-state index contributed by atoms with van der Waals surface area (Å²) in [6, 6.07) is 0. The van der Waals surface area contributed by atoms with Crippen LogP contribution in [0.5, 0.6) is 0 Å². The lowest BCUT2D eigenvalue weighted by molar-refractivity contribution is -0.150. The molecule has 2 rings (SSSR count). The summed E-state index contributed by atoms with van der Waals surface area (Å²) in [7, 11) is 0. The minimum atomic E-state index is -0.274. The van der Waals surface area contributed by atoms with E-state index in [-0.39, 0.29) is 17.5 Å². The topological polar surface area (TPSA) is 26.3 Å². The van der Waals surface area contributed by atoms with Gasteiger partial charge in [0.15, 0.2) is 0 Å². The van der Waals surface area contributed by atoms with Crippen LogP contribution in [0.25, 0.3) is 0 Å². The number of fused-ring (bicyclic) bond motifs is 2. The maximum atomic E-state index is 11.3. The second kappa shape index (κ2) is 3.10. The van der Waals surface area contributed by atoms with E-state index in [1.54, 1.807) is 0 Å². The maximum Gasteiger partial charge on any atom is 0.330 e. The highest BCUT2D eigenvalue weighted by Gasteiger charge is 2.62. The molecule has 3 atom stereocenters. The van der Waals surface area contributed by atoms with Gasteiger partial charge in [0.25, 0.3) is 0 Å². The molecule has 0 spiro atoms. The van der Waals surface area contributed by atoms with Crippen LogP contribution in [-0.2, 0) is 9.53 Å². The minimum absolute atomic E-state index is 0.0942. The molecule has 0 radical (unpaired) electrons. The molecule has 15 heavy (non-hydrogen) atoms. The third-order valence-corrected chi connectivity index (χ3v) is 5.14. The Kier molecular flexibility index (Phi) is 2.21. The van der Waals surface area contributed by atoms with Gasteiger partial charge in [-0.05, 0) is 30.6 Å². The van der Waals surface area contributed by atoms with Gasteiger partial charge in [0.2, 0.25) is 0 Å². The molecule has 0 heterocycles. The van der Waals surface area contributed by atoms with Crippen molar-refractivity contribution in [2.24, 2.45) is 16.7 Å². The Hall–Kier alpha value is -0.790. The summed E-state index contributed by atoms with van der Waals surface area (Å²) in [6.07, 6.45) is 4.85. The molecule has 0 aromatic rings. The average molecular weight is 208 g/mol. The summed E-state index contributed by atoms with van der Waals surface area (Å²) in [6.45, 7) is 10.3. The lowest BCUT2D eigenvalue weighted by Gasteiger charge is -2.38. The Bertz CT molecular complexity index is 306. The van der Waals surface area contributed by atoms with Gasteiger partial charge in [-0.25, -0.2) is 4.79 Å². The zero-order valence-electron chi connectivity index (χ0n) is 9.88. The van der Waals surface area contributed by atoms with Crippen molar-refractivity contribution in [3.8, 4) is 0 Å². The van der Waals surface area contributed by atoms with Crippen LogP contribution in [0.3, 0.4) is 0 Å². The molecule has 0 aromatic heterocycles. The predicted molar refractivity (Wildman–Crippen MR) is 59.3 cm³/mol. The molecule has 2 aliphatic rings. The molecule has 2 heteroatoms. The van der Waals surface area contributed by atoms with Crippen LogP contribution < -0.4 is 0 Å². The van der Waals surface area contributed by atoms with Gasteiger partial charge in [0.1, 0.15) is 6.10 Å². The van der Waals surface area contributed by atoms with E-state index in [2.05, 4.69) is 27.4 Å². The summed E-state index contributed by atoms with van der Waals surface area (Å²) in [4.78, 5) is 11.3. The van der Waals surface area contributed by atoms with Crippen LogP contribution in [0.2, 0.25) is 0 Å². The maximum absolute atomic E-state index is 11.3. The van der Waals surface area contributed by atoms with Crippen molar-refractivity contribution in [2.45, 2.75) is 46.1 Å². The molecule has 2 saturated carbocycles. The highest BCUT2D eigenvalue weighted by Crippen LogP contribution is 2.66. The second-order valence-electron chi connectivity index (χ2n) is 5.74. The highest BCUT2D eigenvalue weighted by molar-refractivity contribution is 5.81. The number of carbonyl (C=O) groups is 1. The smallest absolute Gasteiger partial charge is 0.330 e. The quantitative estimate of drug-likeness (QED) is 0.515. The van der Waals surface area contributed by atoms with E-state index in [0.29, 0.717) is 11.3 Å². The van der Waals surface area contributed by atoms with Crippen molar-refractivity contribution in [1.82, 2.24) is 0 Å². The van der Waals surface area contributed by atoms with Gasteiger partial charge in [-0.3, -0.25) is 0 Å². The van der Waals surface area contributed by atoms with Gasteiger partial charge in [0, 0.05) is 11.5 Å². The summed E-state index contributed by atoms with van der Waals surface area (Å²) < 4.78 is 5.48. The van der Waals surface area contributed by atoms with Gasteiger partial charge in [-0.15, -0.1) is 0 Å². The molecule has 2 fully saturated rings. The standard InChI is InChI=1S/C13H20O2/c1-5-11(14)15-10-8-9-6-7-13(10,4)12(9,2)3/h5,9-10H,1,6-8H2,2-4H3/t9-,10-,13-/m1/s1. The molecule has 2 aliphatic carbocycles. The summed E-state index contributed by atoms with van der Waals surface area (Å²) in [5.41, 5.74) is 0.468. The van der Waals surface area contributed by atoms with Gasteiger partial charge < -0.3 is 4.74 Å². The molecule has 0 aliphatic heterocycles. The Balaban J connectivity index is 2.19. The summed E-state index contributed by atoms with van der Waals surface area (Å²) in [5, 5.41) is 0. The molecule has 2 nitrogen and oxygen atoms in total. The van der Waals surface area contributed by atoms with Crippen molar-refractivity contribution in [3.63, 3.8) is 0 Å². The fourth-order valence-electron chi connectivity index (χ4n) is 3.50. The number of hydrogen-bond acceptors (Lipinski definition) is 2. The molecule has 0 aromatic carbocycles. The van der Waals surface area contributed by atoms with E-state index in [4.69, 9.17) is 4.74 Å². The largest absolute Gasteiger partial charge is 0.459 e. The van der Waals surface area contributed by atoms with Crippen LogP contribution in [0.4, 0.5) is 0 Å². The predicted octanol–water partition coefficient (Wildman–Crippen LogP) is 2.93. The van der Waals surface area contributed by atoms with E-state index < -0.39 is 0 Å². The van der Waals surface area contributed by atoms with Crippen molar-refractivity contribution < 1.29 is 9.53 Å². The first-order valence-corrected chi connectivity index (χ1v) is 5.75. The van der Waals surface area contributed by atoms with E-state index in [0.717, 1.165) is 6.42 Å². The SMILES string of the molecule is C=CC(=O)O[C@@H]1C[C@H]2CC[C@@]1(C)C2(C)C. The van der Waals surface area contributed by atoms with Crippen LogP contribution >= 0.6 is 0 Å². The van der Waals surface area contributed by atoms with Crippen LogP contribution in [0.15, 0.2) is 12.7 Å². The molecule has 0 unspecified atom stereocenters. The van der Waals surface area contributed by atoms with Crippen LogP contribution in [-0.4, -0.2) is 12.1 Å². The monoisotopic (exact) mass is 208 g/mol. The van der Waals surface area contributed by atoms with Crippen molar-refractivity contribution >= 4 is 5.97 Å². The van der Waals surface area contributed by atoms with Crippen molar-refractivity contribution in [3.05, 3.63) is 12.7 Å². The van der Waals surface area contributed by atoms with Gasteiger partial charge in [-0.1, -0.05) is 27.4 Å². The van der Waals surface area contributed by atoms with Gasteiger partial charge in [0.05, 0.1) is 0 Å². The molecule has 0 amide bonds. The van der Waals surface area contributed by atoms with E-state index in [1.165, 1.54) is 18.9 Å².